The maximum atomic E-state index is 13.7. The van der Waals surface area contributed by atoms with Gasteiger partial charge in [-0.15, -0.1) is 11.3 Å². The molecule has 8 heteroatoms. The Morgan fingerprint density at radius 3 is 2.70 bits per heavy atom. The molecular weight excluding hydrogens is 465 g/mol. The zero-order valence-electron chi connectivity index (χ0n) is 17.9. The van der Waals surface area contributed by atoms with Crippen molar-refractivity contribution in [2.24, 2.45) is 5.92 Å². The average molecular weight is 487 g/mol. The molecule has 0 radical (unpaired) electrons. The minimum atomic E-state index is -4.39. The highest BCUT2D eigenvalue weighted by atomic mass is 32.2. The molecule has 0 spiro atoms. The first-order chi connectivity index (χ1) is 15.8. The summed E-state index contributed by atoms with van der Waals surface area (Å²) in [6.07, 6.45) is -1.51. The number of halogens is 3. The van der Waals surface area contributed by atoms with Gasteiger partial charge in [-0.1, -0.05) is 55.1 Å². The molecule has 1 unspecified atom stereocenters. The molecule has 4 aromatic rings. The number of fused-ring (bicyclic) bond motifs is 3. The van der Waals surface area contributed by atoms with Crippen LogP contribution in [0, 0.1) is 5.92 Å². The van der Waals surface area contributed by atoms with Gasteiger partial charge in [0.25, 0.3) is 5.56 Å². The third kappa shape index (κ3) is 4.34. The van der Waals surface area contributed by atoms with Crippen LogP contribution >= 0.6 is 23.1 Å². The van der Waals surface area contributed by atoms with Gasteiger partial charge < -0.3 is 0 Å². The van der Waals surface area contributed by atoms with Crippen molar-refractivity contribution in [3.8, 4) is 5.69 Å². The van der Waals surface area contributed by atoms with Crippen LogP contribution in [0.4, 0.5) is 13.2 Å². The zero-order valence-corrected chi connectivity index (χ0v) is 19.5. The second-order valence-corrected chi connectivity index (χ2v) is 10.4. The van der Waals surface area contributed by atoms with Gasteiger partial charge in [-0.3, -0.25) is 9.36 Å². The second-order valence-electron chi connectivity index (χ2n) is 8.39. The zero-order chi connectivity index (χ0) is 23.2. The van der Waals surface area contributed by atoms with Gasteiger partial charge in [0.05, 0.1) is 16.6 Å². The minimum absolute atomic E-state index is 0.107. The molecule has 2 aromatic carbocycles. The van der Waals surface area contributed by atoms with Crippen LogP contribution in [-0.2, 0) is 24.8 Å². The van der Waals surface area contributed by atoms with Gasteiger partial charge in [-0.05, 0) is 54.5 Å². The highest BCUT2D eigenvalue weighted by Gasteiger charge is 2.30. The topological polar surface area (TPSA) is 34.9 Å². The number of benzene rings is 2. The van der Waals surface area contributed by atoms with Gasteiger partial charge in [-0.25, -0.2) is 4.98 Å². The lowest BCUT2D eigenvalue weighted by Crippen LogP contribution is -2.22. The van der Waals surface area contributed by atoms with Crippen LogP contribution in [0.2, 0.25) is 0 Å². The van der Waals surface area contributed by atoms with Crippen molar-refractivity contribution in [1.82, 2.24) is 9.55 Å². The van der Waals surface area contributed by atoms with Crippen molar-refractivity contribution in [2.75, 3.05) is 0 Å². The summed E-state index contributed by atoms with van der Waals surface area (Å²) in [6.45, 7) is 2.22. The standard InChI is InChI=1S/C25H21F3N2OS2/c1-15-10-11-19-20(12-15)33-22-21(19)23(31)30(18-8-3-2-4-9-18)24(29-22)32-14-16-6-5-7-17(13-16)25(26,27)28/h2-9,13,15H,10-12,14H2,1H3. The number of nitrogens with zero attached hydrogens (tertiary/aromatic N) is 2. The lowest BCUT2D eigenvalue weighted by atomic mass is 9.89. The highest BCUT2D eigenvalue weighted by molar-refractivity contribution is 7.98. The van der Waals surface area contributed by atoms with E-state index in [1.807, 2.05) is 30.3 Å². The Kier molecular flexibility index (Phi) is 5.82. The molecule has 2 heterocycles. The van der Waals surface area contributed by atoms with Gasteiger partial charge in [0, 0.05) is 10.6 Å². The summed E-state index contributed by atoms with van der Waals surface area (Å²) in [7, 11) is 0. The predicted molar refractivity (Wildman–Crippen MR) is 127 cm³/mol. The van der Waals surface area contributed by atoms with E-state index >= 15 is 0 Å². The number of aryl methyl sites for hydroxylation is 1. The fraction of sp³-hybridized carbons (Fsp3) is 0.280. The number of thiophene rings is 1. The molecule has 0 bridgehead atoms. The van der Waals surface area contributed by atoms with Gasteiger partial charge in [-0.2, -0.15) is 13.2 Å². The minimum Gasteiger partial charge on any atom is -0.268 e. The Hall–Kier alpha value is -2.58. The Morgan fingerprint density at radius 1 is 1.15 bits per heavy atom. The lowest BCUT2D eigenvalue weighted by molar-refractivity contribution is -0.137. The molecule has 1 atom stereocenters. The van der Waals surface area contributed by atoms with Crippen LogP contribution < -0.4 is 5.56 Å². The number of hydrogen-bond donors (Lipinski definition) is 0. The van der Waals surface area contributed by atoms with E-state index in [9.17, 15) is 18.0 Å². The van der Waals surface area contributed by atoms with Crippen molar-refractivity contribution < 1.29 is 13.2 Å². The summed E-state index contributed by atoms with van der Waals surface area (Å²) in [6, 6.07) is 14.6. The van der Waals surface area contributed by atoms with E-state index in [2.05, 4.69) is 6.92 Å². The summed E-state index contributed by atoms with van der Waals surface area (Å²) < 4.78 is 41.0. The smallest absolute Gasteiger partial charge is 0.268 e. The Bertz CT molecular complexity index is 1380. The van der Waals surface area contributed by atoms with Crippen LogP contribution in [0.3, 0.4) is 0 Å². The molecule has 170 valence electrons. The van der Waals surface area contributed by atoms with Crippen LogP contribution in [0.1, 0.15) is 34.9 Å². The number of para-hydroxylation sites is 1. The van der Waals surface area contributed by atoms with E-state index in [4.69, 9.17) is 4.98 Å². The number of rotatable bonds is 4. The number of thioether (sulfide) groups is 1. The maximum Gasteiger partial charge on any atom is 0.416 e. The average Bonchev–Trinajstić information content (AvgIpc) is 3.15. The van der Waals surface area contributed by atoms with Crippen LogP contribution in [0.5, 0.6) is 0 Å². The summed E-state index contributed by atoms with van der Waals surface area (Å²) in [5.41, 5.74) is 1.56. The van der Waals surface area contributed by atoms with Crippen molar-refractivity contribution in [2.45, 2.75) is 43.3 Å². The van der Waals surface area contributed by atoms with Crippen LogP contribution in [0.15, 0.2) is 64.5 Å². The summed E-state index contributed by atoms with van der Waals surface area (Å²) >= 11 is 2.86. The molecule has 0 fully saturated rings. The van der Waals surface area contributed by atoms with E-state index in [1.165, 1.54) is 22.7 Å². The highest BCUT2D eigenvalue weighted by Crippen LogP contribution is 2.37. The monoisotopic (exact) mass is 486 g/mol. The SMILES string of the molecule is CC1CCc2c(sc3nc(SCc4cccc(C(F)(F)F)c4)n(-c4ccccc4)c(=O)c23)C1. The summed E-state index contributed by atoms with van der Waals surface area (Å²) in [5, 5.41) is 1.18. The Morgan fingerprint density at radius 2 is 1.94 bits per heavy atom. The first-order valence-electron chi connectivity index (χ1n) is 10.7. The Labute approximate surface area is 197 Å². The largest absolute Gasteiger partial charge is 0.416 e. The summed E-state index contributed by atoms with van der Waals surface area (Å²) in [5.74, 6) is 0.855. The predicted octanol–water partition coefficient (Wildman–Crippen LogP) is 6.88. The van der Waals surface area contributed by atoms with E-state index in [1.54, 1.807) is 22.0 Å². The molecule has 5 rings (SSSR count). The number of aromatic nitrogens is 2. The van der Waals surface area contributed by atoms with E-state index < -0.39 is 11.7 Å². The van der Waals surface area contributed by atoms with E-state index in [0.29, 0.717) is 27.7 Å². The molecular formula is C25H21F3N2OS2. The second kappa shape index (κ2) is 8.65. The molecule has 1 aliphatic carbocycles. The fourth-order valence-electron chi connectivity index (χ4n) is 4.26. The molecule has 0 saturated carbocycles. The summed E-state index contributed by atoms with van der Waals surface area (Å²) in [4.78, 5) is 20.5. The molecule has 0 saturated heterocycles. The molecule has 0 amide bonds. The van der Waals surface area contributed by atoms with Crippen molar-refractivity contribution in [3.63, 3.8) is 0 Å². The molecule has 2 aromatic heterocycles. The first kappa shape index (κ1) is 22.2. The fourth-order valence-corrected chi connectivity index (χ4v) is 6.64. The van der Waals surface area contributed by atoms with Gasteiger partial charge >= 0.3 is 6.18 Å². The quantitative estimate of drug-likeness (QED) is 0.233. The number of alkyl halides is 3. The molecule has 0 aliphatic heterocycles. The Balaban J connectivity index is 1.60. The van der Waals surface area contributed by atoms with Crippen molar-refractivity contribution in [1.29, 1.82) is 0 Å². The van der Waals surface area contributed by atoms with Crippen LogP contribution in [-0.4, -0.2) is 9.55 Å². The van der Waals surface area contributed by atoms with Crippen molar-refractivity contribution in [3.05, 3.63) is 86.5 Å². The van der Waals surface area contributed by atoms with Crippen molar-refractivity contribution >= 4 is 33.3 Å². The van der Waals surface area contributed by atoms with Crippen LogP contribution in [0.25, 0.3) is 15.9 Å². The lowest BCUT2D eigenvalue weighted by Gasteiger charge is -2.18. The van der Waals surface area contributed by atoms with Gasteiger partial charge in [0.2, 0.25) is 0 Å². The molecule has 0 N–H and O–H groups in total. The number of hydrogen-bond acceptors (Lipinski definition) is 4. The van der Waals surface area contributed by atoms with Gasteiger partial charge in [0.15, 0.2) is 5.16 Å². The molecule has 1 aliphatic rings. The molecule has 33 heavy (non-hydrogen) atoms. The maximum absolute atomic E-state index is 13.7. The van der Waals surface area contributed by atoms with E-state index in [-0.39, 0.29) is 11.3 Å². The normalized spacial score (nSPS) is 16.2. The van der Waals surface area contributed by atoms with E-state index in [0.717, 1.165) is 41.8 Å². The first-order valence-corrected chi connectivity index (χ1v) is 12.5. The van der Waals surface area contributed by atoms with Gasteiger partial charge in [0.1, 0.15) is 4.83 Å². The molecule has 3 nitrogen and oxygen atoms in total. The third-order valence-corrected chi connectivity index (χ3v) is 8.09. The third-order valence-electron chi connectivity index (χ3n) is 5.94.